The Kier molecular flexibility index (Phi) is 5.79. The van der Waals surface area contributed by atoms with E-state index in [1.54, 1.807) is 25.1 Å². The molecule has 0 aromatic heterocycles. The summed E-state index contributed by atoms with van der Waals surface area (Å²) in [5, 5.41) is 9.27. The van der Waals surface area contributed by atoms with E-state index < -0.39 is 5.97 Å². The Morgan fingerprint density at radius 2 is 2.09 bits per heavy atom. The van der Waals surface area contributed by atoms with Gasteiger partial charge in [-0.05, 0) is 37.1 Å². The first-order valence-electron chi connectivity index (χ1n) is 7.14. The van der Waals surface area contributed by atoms with Crippen LogP contribution in [0.25, 0.3) is 6.08 Å². The van der Waals surface area contributed by atoms with Crippen LogP contribution >= 0.6 is 24.0 Å². The van der Waals surface area contributed by atoms with Crippen molar-refractivity contribution in [3.8, 4) is 5.75 Å². The third-order valence-electron chi connectivity index (χ3n) is 3.26. The van der Waals surface area contributed by atoms with Crippen molar-refractivity contribution in [3.05, 3.63) is 34.7 Å². The number of phenols is 1. The molecule has 1 heterocycles. The van der Waals surface area contributed by atoms with E-state index in [1.807, 2.05) is 6.92 Å². The first kappa shape index (κ1) is 17.5. The fraction of sp³-hybridized carbons (Fsp3) is 0.312. The fourth-order valence-electron chi connectivity index (χ4n) is 1.83. The van der Waals surface area contributed by atoms with Crippen LogP contribution in [0, 0.1) is 0 Å². The van der Waals surface area contributed by atoms with Gasteiger partial charge in [0.2, 0.25) is 0 Å². The second kappa shape index (κ2) is 7.61. The molecule has 0 radical (unpaired) electrons. The molecule has 0 bridgehead atoms. The molecule has 0 aliphatic carbocycles. The molecule has 1 aromatic rings. The zero-order chi connectivity index (χ0) is 17.0. The highest BCUT2D eigenvalue weighted by molar-refractivity contribution is 8.26. The molecule has 1 amide bonds. The lowest BCUT2D eigenvalue weighted by molar-refractivity contribution is -0.150. The first-order valence-corrected chi connectivity index (χ1v) is 8.37. The maximum absolute atomic E-state index is 12.4. The zero-order valence-corrected chi connectivity index (χ0v) is 14.4. The van der Waals surface area contributed by atoms with Crippen molar-refractivity contribution in [2.75, 3.05) is 6.54 Å². The summed E-state index contributed by atoms with van der Waals surface area (Å²) in [6.07, 6.45) is 2.21. The van der Waals surface area contributed by atoms with E-state index in [0.29, 0.717) is 15.6 Å². The summed E-state index contributed by atoms with van der Waals surface area (Å²) in [7, 11) is 0. The Morgan fingerprint density at radius 3 is 2.70 bits per heavy atom. The van der Waals surface area contributed by atoms with Gasteiger partial charge in [-0.25, -0.2) is 0 Å². The lowest BCUT2D eigenvalue weighted by atomic mass is 10.2. The summed E-state index contributed by atoms with van der Waals surface area (Å²) in [5.74, 6) is -0.627. The van der Waals surface area contributed by atoms with Crippen molar-refractivity contribution >= 4 is 46.3 Å². The van der Waals surface area contributed by atoms with Crippen LogP contribution in [0.15, 0.2) is 29.2 Å². The molecule has 1 aromatic carbocycles. The molecule has 5 nitrogen and oxygen atoms in total. The summed E-state index contributed by atoms with van der Waals surface area (Å²) in [4.78, 5) is 25.9. The molecule has 2 rings (SSSR count). The molecule has 7 heteroatoms. The van der Waals surface area contributed by atoms with Crippen molar-refractivity contribution in [3.63, 3.8) is 0 Å². The number of ether oxygens (including phenoxy) is 1. The van der Waals surface area contributed by atoms with Gasteiger partial charge in [-0.3, -0.25) is 14.5 Å². The Hall–Kier alpha value is -1.86. The number of rotatable bonds is 5. The first-order chi connectivity index (χ1) is 10.9. The van der Waals surface area contributed by atoms with Gasteiger partial charge in [0.05, 0.1) is 11.0 Å². The largest absolute Gasteiger partial charge is 0.508 e. The van der Waals surface area contributed by atoms with Crippen molar-refractivity contribution in [1.29, 1.82) is 0 Å². The number of carbonyl (C=O) groups is 2. The average Bonchev–Trinajstić information content (AvgIpc) is 2.77. The number of thioether (sulfide) groups is 1. The maximum Gasteiger partial charge on any atom is 0.326 e. The van der Waals surface area contributed by atoms with Crippen molar-refractivity contribution in [2.24, 2.45) is 0 Å². The highest BCUT2D eigenvalue weighted by Crippen LogP contribution is 2.32. The van der Waals surface area contributed by atoms with E-state index >= 15 is 0 Å². The summed E-state index contributed by atoms with van der Waals surface area (Å²) >= 11 is 6.32. The number of carbonyl (C=O) groups excluding carboxylic acids is 2. The second-order valence-electron chi connectivity index (χ2n) is 5.07. The summed E-state index contributed by atoms with van der Waals surface area (Å²) in [5.41, 5.74) is 0.769. The Balaban J connectivity index is 2.07. The van der Waals surface area contributed by atoms with Crippen LogP contribution < -0.4 is 0 Å². The molecular weight excluding hydrogens is 334 g/mol. The summed E-state index contributed by atoms with van der Waals surface area (Å²) < 4.78 is 5.51. The second-order valence-corrected chi connectivity index (χ2v) is 6.74. The minimum Gasteiger partial charge on any atom is -0.508 e. The SMILES string of the molecule is CCC(C)OC(=O)CN1C(=O)/C(=C/c2ccc(O)cc2)SC1=S. The van der Waals surface area contributed by atoms with Crippen LogP contribution in [0.4, 0.5) is 0 Å². The molecule has 1 aliphatic rings. The molecular formula is C16H17NO4S2. The van der Waals surface area contributed by atoms with E-state index in [2.05, 4.69) is 0 Å². The van der Waals surface area contributed by atoms with Crippen LogP contribution in [0.5, 0.6) is 5.75 Å². The van der Waals surface area contributed by atoms with E-state index in [4.69, 9.17) is 17.0 Å². The normalized spacial score (nSPS) is 17.7. The number of esters is 1. The minimum atomic E-state index is -0.471. The summed E-state index contributed by atoms with van der Waals surface area (Å²) in [6, 6.07) is 6.46. The monoisotopic (exact) mass is 351 g/mol. The smallest absolute Gasteiger partial charge is 0.326 e. The van der Waals surface area contributed by atoms with Gasteiger partial charge in [-0.15, -0.1) is 0 Å². The predicted molar refractivity (Wildman–Crippen MR) is 93.8 cm³/mol. The fourth-order valence-corrected chi connectivity index (χ4v) is 3.09. The van der Waals surface area contributed by atoms with Gasteiger partial charge in [0.25, 0.3) is 5.91 Å². The van der Waals surface area contributed by atoms with E-state index in [-0.39, 0.29) is 24.3 Å². The van der Waals surface area contributed by atoms with Crippen LogP contribution in [0.2, 0.25) is 0 Å². The Bertz CT molecular complexity index is 655. The lowest BCUT2D eigenvalue weighted by Gasteiger charge is -2.16. The Labute approximate surface area is 144 Å². The van der Waals surface area contributed by atoms with E-state index in [1.165, 1.54) is 17.0 Å². The molecule has 1 unspecified atom stereocenters. The van der Waals surface area contributed by atoms with Crippen LogP contribution in [0.1, 0.15) is 25.8 Å². The van der Waals surface area contributed by atoms with Crippen LogP contribution in [0.3, 0.4) is 0 Å². The van der Waals surface area contributed by atoms with Gasteiger partial charge < -0.3 is 9.84 Å². The number of amides is 1. The van der Waals surface area contributed by atoms with E-state index in [0.717, 1.165) is 17.3 Å². The molecule has 122 valence electrons. The number of nitrogens with zero attached hydrogens (tertiary/aromatic N) is 1. The van der Waals surface area contributed by atoms with E-state index in [9.17, 15) is 14.7 Å². The van der Waals surface area contributed by atoms with Gasteiger partial charge >= 0.3 is 5.97 Å². The molecule has 0 spiro atoms. The molecule has 23 heavy (non-hydrogen) atoms. The number of phenolic OH excluding ortho intramolecular Hbond substituents is 1. The number of thiocarbonyl (C=S) groups is 1. The van der Waals surface area contributed by atoms with Gasteiger partial charge in [-0.1, -0.05) is 43.0 Å². The molecule has 1 aliphatic heterocycles. The Morgan fingerprint density at radius 1 is 1.43 bits per heavy atom. The number of hydrogen-bond acceptors (Lipinski definition) is 6. The number of benzene rings is 1. The third kappa shape index (κ3) is 4.56. The van der Waals surface area contributed by atoms with Crippen LogP contribution in [-0.2, 0) is 14.3 Å². The van der Waals surface area contributed by atoms with Crippen molar-refractivity contribution in [2.45, 2.75) is 26.4 Å². The van der Waals surface area contributed by atoms with Crippen molar-refractivity contribution in [1.82, 2.24) is 4.90 Å². The van der Waals surface area contributed by atoms with Gasteiger partial charge in [0.1, 0.15) is 16.6 Å². The van der Waals surface area contributed by atoms with Crippen LogP contribution in [-0.4, -0.2) is 38.9 Å². The summed E-state index contributed by atoms with van der Waals surface area (Å²) in [6.45, 7) is 3.53. The highest BCUT2D eigenvalue weighted by atomic mass is 32.2. The standard InChI is InChI=1S/C16H17NO4S2/c1-3-10(2)21-14(19)9-17-15(20)13(23-16(17)22)8-11-4-6-12(18)7-5-11/h4-8,10,18H,3,9H2,1-2H3/b13-8-. The molecule has 1 N–H and O–H groups in total. The minimum absolute atomic E-state index is 0.155. The van der Waals surface area contributed by atoms with Crippen molar-refractivity contribution < 1.29 is 19.4 Å². The molecule has 0 saturated carbocycles. The molecule has 1 fully saturated rings. The highest BCUT2D eigenvalue weighted by Gasteiger charge is 2.33. The quantitative estimate of drug-likeness (QED) is 0.500. The zero-order valence-electron chi connectivity index (χ0n) is 12.8. The lowest BCUT2D eigenvalue weighted by Crippen LogP contribution is -2.35. The number of aromatic hydroxyl groups is 1. The topological polar surface area (TPSA) is 66.8 Å². The van der Waals surface area contributed by atoms with Gasteiger partial charge in [0.15, 0.2) is 0 Å². The maximum atomic E-state index is 12.4. The van der Waals surface area contributed by atoms with Gasteiger partial charge in [0, 0.05) is 0 Å². The average molecular weight is 351 g/mol. The van der Waals surface area contributed by atoms with Gasteiger partial charge in [-0.2, -0.15) is 0 Å². The predicted octanol–water partition coefficient (Wildman–Crippen LogP) is 2.94. The molecule has 1 saturated heterocycles. The number of hydrogen-bond donors (Lipinski definition) is 1. The third-order valence-corrected chi connectivity index (χ3v) is 4.64. The molecule has 1 atom stereocenters.